The number of carbonyl (C=O) groups is 2. The number of ether oxygens (including phenoxy) is 1. The second kappa shape index (κ2) is 4.79. The van der Waals surface area contributed by atoms with Gasteiger partial charge in [-0.2, -0.15) is 0 Å². The second-order valence-electron chi connectivity index (χ2n) is 3.56. The van der Waals surface area contributed by atoms with Gasteiger partial charge in [-0.1, -0.05) is 0 Å². The maximum Gasteiger partial charge on any atom is 0.311 e. The Balaban J connectivity index is 3.12. The molecule has 0 bridgehead atoms. The predicted octanol–water partition coefficient (Wildman–Crippen LogP) is 1.97. The molecule has 1 N–H and O–H groups in total. The molecule has 4 heteroatoms. The number of benzene rings is 1. The third kappa shape index (κ3) is 2.39. The molecule has 0 saturated heterocycles. The third-order valence-corrected chi connectivity index (χ3v) is 2.57. The Bertz CT molecular complexity index is 435. The molecule has 0 spiro atoms. The summed E-state index contributed by atoms with van der Waals surface area (Å²) in [7, 11) is 1.56. The molecular formula is C12H14O4. The Morgan fingerprint density at radius 2 is 1.88 bits per heavy atom. The number of Topliss-reactive ketones (excluding diaryl/α,β-unsaturated/α-hetero) is 1. The van der Waals surface area contributed by atoms with Crippen molar-refractivity contribution in [1.29, 1.82) is 0 Å². The topological polar surface area (TPSA) is 63.6 Å². The van der Waals surface area contributed by atoms with E-state index >= 15 is 0 Å². The molecule has 0 aliphatic heterocycles. The van der Waals surface area contributed by atoms with Crippen molar-refractivity contribution in [2.24, 2.45) is 0 Å². The van der Waals surface area contributed by atoms with E-state index in [4.69, 9.17) is 9.84 Å². The van der Waals surface area contributed by atoms with Crippen molar-refractivity contribution in [2.45, 2.75) is 20.3 Å². The number of aliphatic carboxylic acids is 1. The van der Waals surface area contributed by atoms with Gasteiger partial charge in [-0.25, -0.2) is 0 Å². The van der Waals surface area contributed by atoms with Crippen LogP contribution in [0.25, 0.3) is 0 Å². The van der Waals surface area contributed by atoms with Crippen LogP contribution in [0.2, 0.25) is 0 Å². The highest BCUT2D eigenvalue weighted by Crippen LogP contribution is 2.24. The normalized spacial score (nSPS) is 9.94. The fourth-order valence-electron chi connectivity index (χ4n) is 1.55. The molecule has 86 valence electrons. The molecule has 0 amide bonds. The number of methoxy groups -OCH3 is 1. The van der Waals surface area contributed by atoms with E-state index < -0.39 is 12.4 Å². The smallest absolute Gasteiger partial charge is 0.311 e. The number of ketones is 1. The lowest BCUT2D eigenvalue weighted by Gasteiger charge is -2.11. The summed E-state index contributed by atoms with van der Waals surface area (Å²) in [4.78, 5) is 22.1. The summed E-state index contributed by atoms with van der Waals surface area (Å²) in [5, 5.41) is 8.56. The van der Waals surface area contributed by atoms with Crippen LogP contribution in [0.4, 0.5) is 0 Å². The Hall–Kier alpha value is -1.84. The predicted molar refractivity (Wildman–Crippen MR) is 59.1 cm³/mol. The minimum atomic E-state index is -1.11. The van der Waals surface area contributed by atoms with Gasteiger partial charge in [-0.3, -0.25) is 9.59 Å². The molecule has 1 rings (SSSR count). The molecule has 0 saturated carbocycles. The zero-order valence-electron chi connectivity index (χ0n) is 9.53. The largest absolute Gasteiger partial charge is 0.496 e. The standard InChI is InChI=1S/C12H14O4/c1-7-8(2)11(16-3)5-4-9(7)10(13)6-12(14)15/h4-5H,6H2,1-3H3,(H,14,15). The Morgan fingerprint density at radius 3 is 2.38 bits per heavy atom. The van der Waals surface area contributed by atoms with E-state index in [-0.39, 0.29) is 5.78 Å². The summed E-state index contributed by atoms with van der Waals surface area (Å²) in [5.41, 5.74) is 2.07. The molecule has 0 aliphatic rings. The summed E-state index contributed by atoms with van der Waals surface area (Å²) >= 11 is 0. The first-order chi connectivity index (χ1) is 7.47. The number of hydrogen-bond donors (Lipinski definition) is 1. The Kier molecular flexibility index (Phi) is 3.66. The van der Waals surface area contributed by atoms with Gasteiger partial charge in [0.2, 0.25) is 0 Å². The highest BCUT2D eigenvalue weighted by Gasteiger charge is 2.15. The molecule has 0 radical (unpaired) electrons. The van der Waals surface area contributed by atoms with Crippen molar-refractivity contribution in [3.8, 4) is 5.75 Å². The number of carbonyl (C=O) groups excluding carboxylic acids is 1. The van der Waals surface area contributed by atoms with Crippen molar-refractivity contribution in [1.82, 2.24) is 0 Å². The van der Waals surface area contributed by atoms with Crippen molar-refractivity contribution >= 4 is 11.8 Å². The van der Waals surface area contributed by atoms with Gasteiger partial charge >= 0.3 is 5.97 Å². The van der Waals surface area contributed by atoms with E-state index in [9.17, 15) is 9.59 Å². The Morgan fingerprint density at radius 1 is 1.25 bits per heavy atom. The van der Waals surface area contributed by atoms with Gasteiger partial charge in [-0.05, 0) is 37.1 Å². The molecule has 1 aromatic carbocycles. The first-order valence-corrected chi connectivity index (χ1v) is 4.86. The molecule has 1 aromatic rings. The molecule has 16 heavy (non-hydrogen) atoms. The summed E-state index contributed by atoms with van der Waals surface area (Å²) in [6.45, 7) is 3.62. The van der Waals surface area contributed by atoms with Crippen LogP contribution in [0.15, 0.2) is 12.1 Å². The van der Waals surface area contributed by atoms with Crippen LogP contribution in [0.5, 0.6) is 5.75 Å². The molecule has 0 heterocycles. The van der Waals surface area contributed by atoms with Crippen LogP contribution < -0.4 is 4.74 Å². The summed E-state index contributed by atoms with van der Waals surface area (Å²) in [6.07, 6.45) is -0.480. The highest BCUT2D eigenvalue weighted by molar-refractivity contribution is 6.06. The zero-order chi connectivity index (χ0) is 12.3. The maximum absolute atomic E-state index is 11.6. The molecule has 0 fully saturated rings. The molecule has 4 nitrogen and oxygen atoms in total. The van der Waals surface area contributed by atoms with E-state index in [1.807, 2.05) is 6.92 Å². The van der Waals surface area contributed by atoms with Gasteiger partial charge in [0, 0.05) is 5.56 Å². The Labute approximate surface area is 93.9 Å². The van der Waals surface area contributed by atoms with Gasteiger partial charge in [0.1, 0.15) is 12.2 Å². The van der Waals surface area contributed by atoms with Crippen LogP contribution in [0.3, 0.4) is 0 Å². The van der Waals surface area contributed by atoms with Crippen LogP contribution in [-0.4, -0.2) is 24.0 Å². The lowest BCUT2D eigenvalue weighted by atomic mass is 9.98. The summed E-state index contributed by atoms with van der Waals surface area (Å²) < 4.78 is 5.11. The van der Waals surface area contributed by atoms with Gasteiger partial charge in [0.25, 0.3) is 0 Å². The molecule has 0 aromatic heterocycles. The number of carboxylic acid groups (broad SMARTS) is 1. The van der Waals surface area contributed by atoms with Gasteiger partial charge in [0.15, 0.2) is 5.78 Å². The van der Waals surface area contributed by atoms with Crippen LogP contribution in [0, 0.1) is 13.8 Å². The fraction of sp³-hybridized carbons (Fsp3) is 0.333. The summed E-state index contributed by atoms with van der Waals surface area (Å²) in [6, 6.07) is 3.28. The van der Waals surface area contributed by atoms with Crippen molar-refractivity contribution in [2.75, 3.05) is 7.11 Å². The number of rotatable bonds is 4. The third-order valence-electron chi connectivity index (χ3n) is 2.57. The van der Waals surface area contributed by atoms with Gasteiger partial charge in [0.05, 0.1) is 7.11 Å². The zero-order valence-corrected chi connectivity index (χ0v) is 9.53. The van der Waals surface area contributed by atoms with Crippen LogP contribution in [-0.2, 0) is 4.79 Å². The number of hydrogen-bond acceptors (Lipinski definition) is 3. The van der Waals surface area contributed by atoms with Crippen molar-refractivity contribution < 1.29 is 19.4 Å². The lowest BCUT2D eigenvalue weighted by molar-refractivity contribution is -0.135. The second-order valence-corrected chi connectivity index (χ2v) is 3.56. The van der Waals surface area contributed by atoms with E-state index in [1.54, 1.807) is 26.2 Å². The van der Waals surface area contributed by atoms with E-state index in [0.717, 1.165) is 11.1 Å². The maximum atomic E-state index is 11.6. The molecular weight excluding hydrogens is 208 g/mol. The van der Waals surface area contributed by atoms with E-state index in [0.29, 0.717) is 11.3 Å². The minimum absolute atomic E-state index is 0.379. The average molecular weight is 222 g/mol. The highest BCUT2D eigenvalue weighted by atomic mass is 16.5. The molecule has 0 aliphatic carbocycles. The van der Waals surface area contributed by atoms with Gasteiger partial charge in [-0.15, -0.1) is 0 Å². The SMILES string of the molecule is COc1ccc(C(=O)CC(=O)O)c(C)c1C. The van der Waals surface area contributed by atoms with E-state index in [1.165, 1.54) is 0 Å². The molecule has 0 unspecified atom stereocenters. The average Bonchev–Trinajstić information content (AvgIpc) is 2.20. The minimum Gasteiger partial charge on any atom is -0.496 e. The fourth-order valence-corrected chi connectivity index (χ4v) is 1.55. The van der Waals surface area contributed by atoms with Crippen molar-refractivity contribution in [3.05, 3.63) is 28.8 Å². The van der Waals surface area contributed by atoms with Crippen LogP contribution >= 0.6 is 0 Å². The van der Waals surface area contributed by atoms with Crippen molar-refractivity contribution in [3.63, 3.8) is 0 Å². The molecule has 0 atom stereocenters. The first kappa shape index (κ1) is 12.2. The first-order valence-electron chi connectivity index (χ1n) is 4.86. The van der Waals surface area contributed by atoms with E-state index in [2.05, 4.69) is 0 Å². The number of carboxylic acids is 1. The van der Waals surface area contributed by atoms with Gasteiger partial charge < -0.3 is 9.84 Å². The lowest BCUT2D eigenvalue weighted by Crippen LogP contribution is -2.09. The quantitative estimate of drug-likeness (QED) is 0.625. The summed E-state index contributed by atoms with van der Waals surface area (Å²) in [5.74, 6) is -0.794. The monoisotopic (exact) mass is 222 g/mol. The van der Waals surface area contributed by atoms with Crippen LogP contribution in [0.1, 0.15) is 27.9 Å².